The van der Waals surface area contributed by atoms with Crippen molar-refractivity contribution in [3.8, 4) is 11.5 Å². The molecular weight excluding hydrogens is 366 g/mol. The lowest BCUT2D eigenvalue weighted by Crippen LogP contribution is -2.61. The number of carbonyl (C=O) groups excluding carboxylic acids is 2. The fourth-order valence-electron chi connectivity index (χ4n) is 5.38. The summed E-state index contributed by atoms with van der Waals surface area (Å²) in [5.41, 5.74) is 1.03. The highest BCUT2D eigenvalue weighted by molar-refractivity contribution is 5.93. The van der Waals surface area contributed by atoms with E-state index < -0.39 is 11.6 Å². The fraction of sp³-hybridized carbons (Fsp3) is 0.500. The minimum Gasteiger partial charge on any atom is -0.475 e. The van der Waals surface area contributed by atoms with E-state index in [-0.39, 0.29) is 11.2 Å². The lowest BCUT2D eigenvalue weighted by atomic mass is 9.55. The van der Waals surface area contributed by atoms with Crippen molar-refractivity contribution in [3.05, 3.63) is 47.6 Å². The zero-order valence-corrected chi connectivity index (χ0v) is 17.7. The Hall–Kier alpha value is -2.40. The normalized spacial score (nSPS) is 30.5. The van der Waals surface area contributed by atoms with Gasteiger partial charge in [-0.15, -0.1) is 0 Å². The number of Topliss-reactive ketones (excluding diaryl/α,β-unsaturated/α-hetero) is 1. The summed E-state index contributed by atoms with van der Waals surface area (Å²) in [5.74, 6) is 0.691. The van der Waals surface area contributed by atoms with Gasteiger partial charge < -0.3 is 14.4 Å². The Kier molecular flexibility index (Phi) is 4.89. The summed E-state index contributed by atoms with van der Waals surface area (Å²) in [5, 5.41) is 0. The number of likely N-dealkylation sites (N-methyl/N-ethyl adjacent to an activating group) is 1. The molecule has 1 saturated carbocycles. The van der Waals surface area contributed by atoms with Gasteiger partial charge in [-0.3, -0.25) is 4.79 Å². The first-order chi connectivity index (χ1) is 13.8. The van der Waals surface area contributed by atoms with Crippen molar-refractivity contribution < 1.29 is 19.1 Å². The maximum atomic E-state index is 13.1. The topological polar surface area (TPSA) is 55.8 Å². The summed E-state index contributed by atoms with van der Waals surface area (Å²) < 4.78 is 12.1. The second-order valence-electron chi connectivity index (χ2n) is 8.75. The molecule has 0 bridgehead atoms. The Morgan fingerprint density at radius 1 is 1.31 bits per heavy atom. The molecule has 1 spiro atoms. The molecule has 29 heavy (non-hydrogen) atoms. The van der Waals surface area contributed by atoms with Crippen molar-refractivity contribution in [2.45, 2.75) is 63.0 Å². The third-order valence-electron chi connectivity index (χ3n) is 6.96. The minimum absolute atomic E-state index is 0.149. The number of hydrogen-bond donors (Lipinski definition) is 0. The summed E-state index contributed by atoms with van der Waals surface area (Å²) in [6.07, 6.45) is 10.7. The SMILES string of the molecule is C/C=C/C=C/C(=O)Oc1ccc2c3c1O[C@@]1(C)C(=O)CCC[C@]31C[C@H](N(C)C)C2. The van der Waals surface area contributed by atoms with Crippen LogP contribution in [0, 0.1) is 0 Å². The van der Waals surface area contributed by atoms with Crippen LogP contribution in [-0.2, 0) is 21.4 Å². The maximum absolute atomic E-state index is 13.1. The van der Waals surface area contributed by atoms with E-state index in [2.05, 4.69) is 19.0 Å². The third-order valence-corrected chi connectivity index (χ3v) is 6.96. The van der Waals surface area contributed by atoms with Crippen LogP contribution in [0.15, 0.2) is 36.4 Å². The first-order valence-electron chi connectivity index (χ1n) is 10.4. The molecular formula is C24H29NO4. The number of nitrogens with zero attached hydrogens (tertiary/aromatic N) is 1. The second kappa shape index (κ2) is 7.13. The number of hydrogen-bond acceptors (Lipinski definition) is 5. The van der Waals surface area contributed by atoms with Gasteiger partial charge in [0.2, 0.25) is 0 Å². The van der Waals surface area contributed by atoms with Crippen LogP contribution in [0.4, 0.5) is 0 Å². The highest BCUT2D eigenvalue weighted by Crippen LogP contribution is 2.62. The third kappa shape index (κ3) is 2.94. The molecule has 3 atom stereocenters. The molecule has 0 N–H and O–H groups in total. The Bertz CT molecular complexity index is 916. The molecule has 5 heteroatoms. The van der Waals surface area contributed by atoms with E-state index >= 15 is 0 Å². The van der Waals surface area contributed by atoms with Gasteiger partial charge in [-0.25, -0.2) is 4.79 Å². The number of benzene rings is 1. The average Bonchev–Trinajstić information content (AvgIpc) is 2.96. The van der Waals surface area contributed by atoms with Gasteiger partial charge in [-0.1, -0.05) is 24.3 Å². The molecule has 1 aliphatic heterocycles. The molecule has 0 aromatic heterocycles. The molecule has 1 heterocycles. The molecule has 0 amide bonds. The smallest absolute Gasteiger partial charge is 0.336 e. The van der Waals surface area contributed by atoms with Crippen molar-refractivity contribution >= 4 is 11.8 Å². The average molecular weight is 395 g/mol. The van der Waals surface area contributed by atoms with Gasteiger partial charge in [0.1, 0.15) is 0 Å². The molecule has 1 aromatic carbocycles. The van der Waals surface area contributed by atoms with Gasteiger partial charge >= 0.3 is 5.97 Å². The molecule has 3 aliphatic rings. The van der Waals surface area contributed by atoms with Crippen LogP contribution in [0.25, 0.3) is 0 Å². The Morgan fingerprint density at radius 3 is 2.83 bits per heavy atom. The summed E-state index contributed by atoms with van der Waals surface area (Å²) >= 11 is 0. The summed E-state index contributed by atoms with van der Waals surface area (Å²) in [6, 6.07) is 4.20. The lowest BCUT2D eigenvalue weighted by Gasteiger charge is -2.49. The molecule has 154 valence electrons. The number of esters is 1. The molecule has 4 rings (SSSR count). The van der Waals surface area contributed by atoms with Crippen molar-refractivity contribution in [3.63, 3.8) is 0 Å². The van der Waals surface area contributed by atoms with Crippen molar-refractivity contribution in [2.75, 3.05) is 14.1 Å². The van der Waals surface area contributed by atoms with E-state index in [1.165, 1.54) is 11.6 Å². The Morgan fingerprint density at radius 2 is 2.10 bits per heavy atom. The molecule has 0 radical (unpaired) electrons. The number of carbonyl (C=O) groups is 2. The van der Waals surface area contributed by atoms with Crippen molar-refractivity contribution in [1.29, 1.82) is 0 Å². The van der Waals surface area contributed by atoms with E-state index in [9.17, 15) is 9.59 Å². The zero-order valence-electron chi connectivity index (χ0n) is 17.7. The number of ketones is 1. The van der Waals surface area contributed by atoms with Crippen LogP contribution < -0.4 is 9.47 Å². The Labute approximate surface area is 172 Å². The zero-order chi connectivity index (χ0) is 20.8. The van der Waals surface area contributed by atoms with E-state index in [4.69, 9.17) is 9.47 Å². The van der Waals surface area contributed by atoms with Crippen LogP contribution in [0.2, 0.25) is 0 Å². The van der Waals surface area contributed by atoms with Gasteiger partial charge in [0, 0.05) is 29.5 Å². The van der Waals surface area contributed by atoms with Gasteiger partial charge in [0.25, 0.3) is 0 Å². The van der Waals surface area contributed by atoms with Gasteiger partial charge in [0.05, 0.1) is 0 Å². The fourth-order valence-corrected chi connectivity index (χ4v) is 5.38. The summed E-state index contributed by atoms with van der Waals surface area (Å²) in [7, 11) is 4.19. The quantitative estimate of drug-likeness (QED) is 0.336. The van der Waals surface area contributed by atoms with Gasteiger partial charge in [-0.2, -0.15) is 0 Å². The monoisotopic (exact) mass is 395 g/mol. The van der Waals surface area contributed by atoms with Crippen molar-refractivity contribution in [2.24, 2.45) is 0 Å². The van der Waals surface area contributed by atoms with Crippen LogP contribution in [-0.4, -0.2) is 42.4 Å². The molecule has 1 fully saturated rings. The van der Waals surface area contributed by atoms with Crippen LogP contribution in [0.5, 0.6) is 11.5 Å². The largest absolute Gasteiger partial charge is 0.475 e. The maximum Gasteiger partial charge on any atom is 0.336 e. The lowest BCUT2D eigenvalue weighted by molar-refractivity contribution is -0.142. The molecule has 2 aliphatic carbocycles. The van der Waals surface area contributed by atoms with Crippen LogP contribution in [0.1, 0.15) is 50.7 Å². The second-order valence-corrected chi connectivity index (χ2v) is 8.75. The molecule has 5 nitrogen and oxygen atoms in total. The number of allylic oxidation sites excluding steroid dienone is 3. The minimum atomic E-state index is -0.902. The number of ether oxygens (including phenoxy) is 2. The van der Waals surface area contributed by atoms with E-state index in [1.54, 1.807) is 12.2 Å². The van der Waals surface area contributed by atoms with E-state index in [0.717, 1.165) is 31.2 Å². The Balaban J connectivity index is 1.81. The first-order valence-corrected chi connectivity index (χ1v) is 10.4. The molecule has 0 saturated heterocycles. The van der Waals surface area contributed by atoms with Gasteiger partial charge in [-0.05, 0) is 65.3 Å². The van der Waals surface area contributed by atoms with E-state index in [1.807, 2.05) is 32.1 Å². The highest BCUT2D eigenvalue weighted by Gasteiger charge is 2.65. The predicted octanol–water partition coefficient (Wildman–Crippen LogP) is 3.74. The first kappa shape index (κ1) is 19.9. The summed E-state index contributed by atoms with van der Waals surface area (Å²) in [4.78, 5) is 27.6. The van der Waals surface area contributed by atoms with Crippen LogP contribution >= 0.6 is 0 Å². The van der Waals surface area contributed by atoms with Gasteiger partial charge in [0.15, 0.2) is 22.9 Å². The van der Waals surface area contributed by atoms with Crippen LogP contribution in [0.3, 0.4) is 0 Å². The predicted molar refractivity (Wildman–Crippen MR) is 111 cm³/mol. The highest BCUT2D eigenvalue weighted by atomic mass is 16.6. The molecule has 0 unspecified atom stereocenters. The summed E-state index contributed by atoms with van der Waals surface area (Å²) in [6.45, 7) is 3.82. The van der Waals surface area contributed by atoms with E-state index in [0.29, 0.717) is 24.0 Å². The molecule has 1 aromatic rings. The van der Waals surface area contributed by atoms with Crippen molar-refractivity contribution in [1.82, 2.24) is 4.90 Å². The standard InChI is InChI=1S/C24H29NO4/c1-5-6-7-10-20(27)28-18-12-11-16-14-17(25(3)4)15-24-13-8-9-19(26)23(24,2)29-22(18)21(16)24/h5-7,10-12,17H,8-9,13-15H2,1-4H3/b6-5+,10-7+/t17-,23+,24+/m1/s1. The number of rotatable bonds is 4.